The van der Waals surface area contributed by atoms with Gasteiger partial charge in [-0.15, -0.1) is 0 Å². The molecule has 0 bridgehead atoms. The molecule has 3 aromatic rings. The first-order valence-corrected chi connectivity index (χ1v) is 15.9. The van der Waals surface area contributed by atoms with Crippen LogP contribution >= 0.6 is 15.9 Å². The molecule has 0 aliphatic rings. The maximum Gasteiger partial charge on any atom is 0.414 e. The van der Waals surface area contributed by atoms with Gasteiger partial charge in [0.2, 0.25) is 0 Å². The zero-order valence-electron chi connectivity index (χ0n) is 24.8. The zero-order chi connectivity index (χ0) is 31.5. The number of hydrogen-bond acceptors (Lipinski definition) is 7. The number of carbonyl (C=O) groups excluding carboxylic acids is 1. The number of halogens is 1. The number of carbonyl (C=O) groups is 1. The standard InChI is InChI=1S/C32H38BrNO8S/c1-32(2,3)42-31(35)34(4)28-12-7-24(8-13-28)5-6-25-9-14-29(15-10-25)41-22-21-40-20-19-39-18-17-26-23-27(33)11-16-30(26)43(36,37)38/h5-16,23H,17-22H2,1-4H3,(H,36,37,38). The van der Waals surface area contributed by atoms with Gasteiger partial charge in [-0.1, -0.05) is 52.3 Å². The molecule has 0 radical (unpaired) electrons. The van der Waals surface area contributed by atoms with Crippen molar-refractivity contribution >= 4 is 50.0 Å². The summed E-state index contributed by atoms with van der Waals surface area (Å²) in [7, 11) is -2.60. The molecule has 0 saturated carbocycles. The van der Waals surface area contributed by atoms with E-state index in [1.807, 2.05) is 81.5 Å². The molecule has 0 unspecified atom stereocenters. The van der Waals surface area contributed by atoms with Crippen LogP contribution in [0.3, 0.4) is 0 Å². The summed E-state index contributed by atoms with van der Waals surface area (Å²) in [5.41, 5.74) is 2.69. The molecule has 1 N–H and O–H groups in total. The number of anilines is 1. The van der Waals surface area contributed by atoms with Gasteiger partial charge in [-0.25, -0.2) is 4.79 Å². The van der Waals surface area contributed by atoms with Crippen LogP contribution in [-0.4, -0.2) is 64.7 Å². The zero-order valence-corrected chi connectivity index (χ0v) is 27.2. The number of ether oxygens (including phenoxy) is 4. The van der Waals surface area contributed by atoms with Crippen molar-refractivity contribution in [2.24, 2.45) is 0 Å². The van der Waals surface area contributed by atoms with Gasteiger partial charge in [0.15, 0.2) is 0 Å². The Morgan fingerprint density at radius 2 is 1.42 bits per heavy atom. The van der Waals surface area contributed by atoms with E-state index in [0.29, 0.717) is 38.4 Å². The van der Waals surface area contributed by atoms with Crippen molar-refractivity contribution in [1.29, 1.82) is 0 Å². The predicted molar refractivity (Wildman–Crippen MR) is 171 cm³/mol. The molecule has 43 heavy (non-hydrogen) atoms. The molecule has 0 saturated heterocycles. The highest BCUT2D eigenvalue weighted by molar-refractivity contribution is 9.10. The Kier molecular flexibility index (Phi) is 12.8. The molecule has 0 spiro atoms. The lowest BCUT2D eigenvalue weighted by molar-refractivity contribution is 0.0372. The normalized spacial score (nSPS) is 12.0. The van der Waals surface area contributed by atoms with Gasteiger partial charge in [0, 0.05) is 17.2 Å². The van der Waals surface area contributed by atoms with Crippen LogP contribution in [0, 0.1) is 0 Å². The summed E-state index contributed by atoms with van der Waals surface area (Å²) in [6.07, 6.45) is 3.93. The average Bonchev–Trinajstić information content (AvgIpc) is 2.94. The molecule has 11 heteroatoms. The summed E-state index contributed by atoms with van der Waals surface area (Å²) >= 11 is 3.31. The van der Waals surface area contributed by atoms with Crippen LogP contribution in [0.4, 0.5) is 10.5 Å². The van der Waals surface area contributed by atoms with Gasteiger partial charge < -0.3 is 18.9 Å². The van der Waals surface area contributed by atoms with Crippen LogP contribution in [0.2, 0.25) is 0 Å². The Morgan fingerprint density at radius 1 is 0.860 bits per heavy atom. The Hall–Kier alpha value is -3.22. The number of hydrogen-bond donors (Lipinski definition) is 1. The Labute approximate surface area is 262 Å². The van der Waals surface area contributed by atoms with Gasteiger partial charge in [-0.2, -0.15) is 8.42 Å². The molecule has 0 aliphatic heterocycles. The minimum Gasteiger partial charge on any atom is -0.491 e. The molecule has 232 valence electrons. The fourth-order valence-corrected chi connectivity index (χ4v) is 4.97. The van der Waals surface area contributed by atoms with E-state index in [1.165, 1.54) is 11.0 Å². The van der Waals surface area contributed by atoms with E-state index in [9.17, 15) is 17.8 Å². The van der Waals surface area contributed by atoms with Crippen molar-refractivity contribution in [3.05, 3.63) is 87.9 Å². The third-order valence-electron chi connectivity index (χ3n) is 5.98. The predicted octanol–water partition coefficient (Wildman–Crippen LogP) is 6.89. The maximum atomic E-state index is 12.3. The molecular formula is C32H38BrNO8S. The monoisotopic (exact) mass is 675 g/mol. The van der Waals surface area contributed by atoms with Crippen molar-refractivity contribution in [2.45, 2.75) is 37.7 Å². The summed E-state index contributed by atoms with van der Waals surface area (Å²) in [6.45, 7) is 7.29. The maximum absolute atomic E-state index is 12.3. The second-order valence-electron chi connectivity index (χ2n) is 10.6. The van der Waals surface area contributed by atoms with Crippen molar-refractivity contribution < 1.29 is 36.7 Å². The van der Waals surface area contributed by atoms with E-state index >= 15 is 0 Å². The van der Waals surface area contributed by atoms with Gasteiger partial charge in [0.1, 0.15) is 18.0 Å². The Bertz CT molecular complexity index is 1470. The van der Waals surface area contributed by atoms with Crippen LogP contribution in [0.25, 0.3) is 12.2 Å². The first-order chi connectivity index (χ1) is 20.3. The number of benzene rings is 3. The minimum absolute atomic E-state index is 0.118. The highest BCUT2D eigenvalue weighted by Crippen LogP contribution is 2.22. The minimum atomic E-state index is -4.29. The van der Waals surface area contributed by atoms with E-state index in [-0.39, 0.29) is 11.5 Å². The van der Waals surface area contributed by atoms with Gasteiger partial charge in [0.05, 0.1) is 31.3 Å². The molecule has 0 fully saturated rings. The first kappa shape index (κ1) is 34.3. The third-order valence-corrected chi connectivity index (χ3v) is 7.43. The summed E-state index contributed by atoms with van der Waals surface area (Å²) in [5, 5.41) is 0. The van der Waals surface area contributed by atoms with Gasteiger partial charge in [-0.3, -0.25) is 9.45 Å². The summed E-state index contributed by atoms with van der Waals surface area (Å²) < 4.78 is 55.4. The summed E-state index contributed by atoms with van der Waals surface area (Å²) in [5.74, 6) is 0.732. The van der Waals surface area contributed by atoms with Crippen molar-refractivity contribution in [3.63, 3.8) is 0 Å². The summed E-state index contributed by atoms with van der Waals surface area (Å²) in [6, 6.07) is 19.9. The molecule has 3 rings (SSSR count). The van der Waals surface area contributed by atoms with Gasteiger partial charge in [0.25, 0.3) is 10.1 Å². The van der Waals surface area contributed by atoms with Crippen LogP contribution < -0.4 is 9.64 Å². The number of amides is 1. The van der Waals surface area contributed by atoms with E-state index in [4.69, 9.17) is 18.9 Å². The molecular weight excluding hydrogens is 638 g/mol. The van der Waals surface area contributed by atoms with Crippen molar-refractivity contribution in [2.75, 3.05) is 45.0 Å². The molecule has 0 atom stereocenters. The van der Waals surface area contributed by atoms with Gasteiger partial charge >= 0.3 is 6.09 Å². The average molecular weight is 677 g/mol. The molecule has 0 aromatic heterocycles. The van der Waals surface area contributed by atoms with Crippen LogP contribution in [-0.2, 0) is 30.7 Å². The SMILES string of the molecule is CN(C(=O)OC(C)(C)C)c1ccc(C=Cc2ccc(OCCOCCOCCc3cc(Br)ccc3S(=O)(=O)O)cc2)cc1. The lowest BCUT2D eigenvalue weighted by Gasteiger charge is -2.24. The molecule has 9 nitrogen and oxygen atoms in total. The van der Waals surface area contributed by atoms with Crippen LogP contribution in [0.1, 0.15) is 37.5 Å². The first-order valence-electron chi connectivity index (χ1n) is 13.7. The molecule has 1 amide bonds. The quantitative estimate of drug-likeness (QED) is 0.112. The summed E-state index contributed by atoms with van der Waals surface area (Å²) in [4.78, 5) is 13.6. The second kappa shape index (κ2) is 16.0. The van der Waals surface area contributed by atoms with Crippen molar-refractivity contribution in [1.82, 2.24) is 0 Å². The highest BCUT2D eigenvalue weighted by atomic mass is 79.9. The van der Waals surface area contributed by atoms with E-state index in [2.05, 4.69) is 15.9 Å². The lowest BCUT2D eigenvalue weighted by atomic mass is 10.1. The van der Waals surface area contributed by atoms with Crippen molar-refractivity contribution in [3.8, 4) is 5.75 Å². The van der Waals surface area contributed by atoms with E-state index in [0.717, 1.165) is 27.0 Å². The highest BCUT2D eigenvalue weighted by Gasteiger charge is 2.20. The number of rotatable bonds is 14. The van der Waals surface area contributed by atoms with Gasteiger partial charge in [-0.05, 0) is 86.3 Å². The fraction of sp³-hybridized carbons (Fsp3) is 0.344. The Morgan fingerprint density at radius 3 is 2.00 bits per heavy atom. The second-order valence-corrected chi connectivity index (χ2v) is 12.9. The molecule has 0 aliphatic carbocycles. The van der Waals surface area contributed by atoms with Crippen LogP contribution in [0.15, 0.2) is 76.1 Å². The molecule has 3 aromatic carbocycles. The molecule has 0 heterocycles. The fourth-order valence-electron chi connectivity index (χ4n) is 3.83. The third kappa shape index (κ3) is 12.1. The van der Waals surface area contributed by atoms with E-state index in [1.54, 1.807) is 19.2 Å². The topological polar surface area (TPSA) is 112 Å². The lowest BCUT2D eigenvalue weighted by Crippen LogP contribution is -2.34. The largest absolute Gasteiger partial charge is 0.491 e. The Balaban J connectivity index is 1.32. The smallest absolute Gasteiger partial charge is 0.414 e. The van der Waals surface area contributed by atoms with Crippen LogP contribution in [0.5, 0.6) is 5.75 Å². The number of nitrogens with zero attached hydrogens (tertiary/aromatic N) is 1. The van der Waals surface area contributed by atoms with E-state index < -0.39 is 21.8 Å².